The van der Waals surface area contributed by atoms with Crippen LogP contribution in [0.1, 0.15) is 12.0 Å². The first-order valence-corrected chi connectivity index (χ1v) is 7.89. The highest BCUT2D eigenvalue weighted by Gasteiger charge is 2.23. The number of anilines is 2. The molecule has 2 heterocycles. The Bertz CT molecular complexity index is 785. The summed E-state index contributed by atoms with van der Waals surface area (Å²) >= 11 is 3.32. The molecule has 5 nitrogen and oxygen atoms in total. The lowest BCUT2D eigenvalue weighted by molar-refractivity contribution is -0.119. The average molecular weight is 362 g/mol. The molecule has 114 valence electrons. The fourth-order valence-corrected chi connectivity index (χ4v) is 3.15. The van der Waals surface area contributed by atoms with Gasteiger partial charge in [-0.1, -0.05) is 6.07 Å². The van der Waals surface area contributed by atoms with Gasteiger partial charge in [0.05, 0.1) is 0 Å². The number of carbonyl (C=O) groups is 1. The number of rotatable bonds is 2. The van der Waals surface area contributed by atoms with Gasteiger partial charge in [-0.05, 0) is 52.5 Å². The Hall–Kier alpha value is -2.08. The molecular formula is C16H16BrN3O2. The van der Waals surface area contributed by atoms with Gasteiger partial charge in [0.25, 0.3) is 5.56 Å². The number of carbonyl (C=O) groups excluding carboxylic acids is 1. The summed E-state index contributed by atoms with van der Waals surface area (Å²) < 4.78 is 2.18. The molecule has 2 N–H and O–H groups in total. The van der Waals surface area contributed by atoms with Crippen LogP contribution >= 0.6 is 15.9 Å². The Morgan fingerprint density at radius 1 is 1.27 bits per heavy atom. The zero-order valence-electron chi connectivity index (χ0n) is 12.0. The molecule has 3 rings (SSSR count). The van der Waals surface area contributed by atoms with Crippen LogP contribution in [0.25, 0.3) is 0 Å². The fourth-order valence-electron chi connectivity index (χ4n) is 2.77. The molecular weight excluding hydrogens is 346 g/mol. The van der Waals surface area contributed by atoms with E-state index >= 15 is 0 Å². The molecule has 0 bridgehead atoms. The fraction of sp³-hybridized carbons (Fsp3) is 0.250. The van der Waals surface area contributed by atoms with Crippen LogP contribution in [-0.2, 0) is 17.8 Å². The number of aromatic nitrogens is 1. The number of benzene rings is 1. The van der Waals surface area contributed by atoms with Crippen LogP contribution in [0.15, 0.2) is 45.8 Å². The summed E-state index contributed by atoms with van der Waals surface area (Å²) in [4.78, 5) is 26.2. The number of amides is 1. The first-order valence-electron chi connectivity index (χ1n) is 7.10. The van der Waals surface area contributed by atoms with E-state index in [1.54, 1.807) is 17.2 Å². The molecule has 0 fully saturated rings. The molecule has 0 saturated carbocycles. The molecule has 0 atom stereocenters. The van der Waals surface area contributed by atoms with Gasteiger partial charge in [0, 0.05) is 34.7 Å². The lowest BCUT2D eigenvalue weighted by Gasteiger charge is -2.30. The maximum Gasteiger partial charge on any atom is 0.251 e. The van der Waals surface area contributed by atoms with Gasteiger partial charge in [-0.15, -0.1) is 0 Å². The van der Waals surface area contributed by atoms with Gasteiger partial charge in [0.1, 0.15) is 6.54 Å². The van der Waals surface area contributed by atoms with Crippen molar-refractivity contribution in [2.75, 3.05) is 17.2 Å². The standard InChI is InChI=1S/C16H16BrN3O2/c17-11-6-7-15(21)19(9-11)10-16(22)20-8-2-3-12-13(18)4-1-5-14(12)20/h1,4-7,9H,2-3,8,10,18H2. The molecule has 0 unspecified atom stereocenters. The third kappa shape index (κ3) is 2.78. The van der Waals surface area contributed by atoms with Crippen LogP contribution < -0.4 is 16.2 Å². The van der Waals surface area contributed by atoms with Crippen molar-refractivity contribution in [3.63, 3.8) is 0 Å². The van der Waals surface area contributed by atoms with E-state index in [1.165, 1.54) is 10.6 Å². The van der Waals surface area contributed by atoms with Gasteiger partial charge in [-0.3, -0.25) is 9.59 Å². The molecule has 0 saturated heterocycles. The van der Waals surface area contributed by atoms with Crippen LogP contribution in [0.2, 0.25) is 0 Å². The molecule has 1 aromatic heterocycles. The van der Waals surface area contributed by atoms with Crippen molar-refractivity contribution >= 4 is 33.2 Å². The summed E-state index contributed by atoms with van der Waals surface area (Å²) in [5, 5.41) is 0. The number of fused-ring (bicyclic) bond motifs is 1. The van der Waals surface area contributed by atoms with Crippen molar-refractivity contribution in [1.29, 1.82) is 0 Å². The van der Waals surface area contributed by atoms with E-state index in [9.17, 15) is 9.59 Å². The Kier molecular flexibility index (Phi) is 4.02. The first-order chi connectivity index (χ1) is 10.6. The minimum atomic E-state index is -0.193. The molecule has 0 aliphatic carbocycles. The number of hydrogen-bond donors (Lipinski definition) is 1. The van der Waals surface area contributed by atoms with Crippen LogP contribution in [0, 0.1) is 0 Å². The lowest BCUT2D eigenvalue weighted by atomic mass is 10.00. The SMILES string of the molecule is Nc1cccc2c1CCCN2C(=O)Cn1cc(Br)ccc1=O. The van der Waals surface area contributed by atoms with Crippen molar-refractivity contribution in [3.05, 3.63) is 56.9 Å². The molecule has 0 spiro atoms. The number of nitrogens with zero attached hydrogens (tertiary/aromatic N) is 2. The normalized spacial score (nSPS) is 13.8. The van der Waals surface area contributed by atoms with Crippen molar-refractivity contribution in [1.82, 2.24) is 4.57 Å². The van der Waals surface area contributed by atoms with Gasteiger partial charge in [-0.2, -0.15) is 0 Å². The van der Waals surface area contributed by atoms with Gasteiger partial charge >= 0.3 is 0 Å². The minimum Gasteiger partial charge on any atom is -0.398 e. The molecule has 6 heteroatoms. The molecule has 1 aliphatic rings. The predicted molar refractivity (Wildman–Crippen MR) is 89.9 cm³/mol. The number of pyridine rings is 1. The van der Waals surface area contributed by atoms with Crippen LogP contribution in [0.3, 0.4) is 0 Å². The van der Waals surface area contributed by atoms with E-state index in [0.29, 0.717) is 6.54 Å². The second-order valence-corrected chi connectivity index (χ2v) is 6.22. The van der Waals surface area contributed by atoms with E-state index in [0.717, 1.165) is 34.3 Å². The summed E-state index contributed by atoms with van der Waals surface area (Å²) in [7, 11) is 0. The quantitative estimate of drug-likeness (QED) is 0.833. The van der Waals surface area contributed by atoms with E-state index in [4.69, 9.17) is 5.73 Å². The van der Waals surface area contributed by atoms with E-state index in [2.05, 4.69) is 15.9 Å². The topological polar surface area (TPSA) is 68.3 Å². The number of nitrogens with two attached hydrogens (primary N) is 1. The Labute approximate surface area is 136 Å². The molecule has 1 aromatic carbocycles. The van der Waals surface area contributed by atoms with Crippen molar-refractivity contribution < 1.29 is 4.79 Å². The van der Waals surface area contributed by atoms with Gasteiger partial charge in [0.15, 0.2) is 0 Å². The van der Waals surface area contributed by atoms with Gasteiger partial charge < -0.3 is 15.2 Å². The van der Waals surface area contributed by atoms with E-state index < -0.39 is 0 Å². The maximum atomic E-state index is 12.6. The van der Waals surface area contributed by atoms with Crippen LogP contribution in [-0.4, -0.2) is 17.0 Å². The second kappa shape index (κ2) is 5.96. The largest absolute Gasteiger partial charge is 0.398 e. The van der Waals surface area contributed by atoms with Gasteiger partial charge in [0.2, 0.25) is 5.91 Å². The predicted octanol–water partition coefficient (Wildman–Crippen LogP) is 2.17. The second-order valence-electron chi connectivity index (χ2n) is 5.31. The monoisotopic (exact) mass is 361 g/mol. The highest BCUT2D eigenvalue weighted by atomic mass is 79.9. The van der Waals surface area contributed by atoms with Crippen LogP contribution in [0.5, 0.6) is 0 Å². The third-order valence-electron chi connectivity index (χ3n) is 3.84. The highest BCUT2D eigenvalue weighted by molar-refractivity contribution is 9.10. The minimum absolute atomic E-state index is 0.0203. The summed E-state index contributed by atoms with van der Waals surface area (Å²) in [6.45, 7) is 0.671. The zero-order valence-corrected chi connectivity index (χ0v) is 13.5. The maximum absolute atomic E-state index is 12.6. The number of halogens is 1. The number of nitrogen functional groups attached to an aromatic ring is 1. The smallest absolute Gasteiger partial charge is 0.251 e. The summed E-state index contributed by atoms with van der Waals surface area (Å²) in [6.07, 6.45) is 3.38. The van der Waals surface area contributed by atoms with Crippen molar-refractivity contribution in [2.24, 2.45) is 0 Å². The Balaban J connectivity index is 1.90. The summed E-state index contributed by atoms with van der Waals surface area (Å²) in [5.41, 5.74) is 8.40. The average Bonchev–Trinajstić information content (AvgIpc) is 2.51. The molecule has 1 amide bonds. The lowest BCUT2D eigenvalue weighted by Crippen LogP contribution is -2.39. The Morgan fingerprint density at radius 2 is 2.09 bits per heavy atom. The van der Waals surface area contributed by atoms with Crippen molar-refractivity contribution in [2.45, 2.75) is 19.4 Å². The highest BCUT2D eigenvalue weighted by Crippen LogP contribution is 2.31. The number of hydrogen-bond acceptors (Lipinski definition) is 3. The van der Waals surface area contributed by atoms with Gasteiger partial charge in [-0.25, -0.2) is 0 Å². The molecule has 0 radical (unpaired) electrons. The summed E-state index contributed by atoms with van der Waals surface area (Å²) in [6, 6.07) is 8.73. The zero-order chi connectivity index (χ0) is 15.7. The summed E-state index contributed by atoms with van der Waals surface area (Å²) in [5.74, 6) is -0.105. The van der Waals surface area contributed by atoms with E-state index in [1.807, 2.05) is 18.2 Å². The van der Waals surface area contributed by atoms with Crippen LogP contribution in [0.4, 0.5) is 11.4 Å². The third-order valence-corrected chi connectivity index (χ3v) is 4.31. The van der Waals surface area contributed by atoms with E-state index in [-0.39, 0.29) is 18.0 Å². The molecule has 2 aromatic rings. The Morgan fingerprint density at radius 3 is 2.91 bits per heavy atom. The first kappa shape index (κ1) is 14.8. The molecule has 1 aliphatic heterocycles. The molecule has 22 heavy (non-hydrogen) atoms. The van der Waals surface area contributed by atoms with Crippen molar-refractivity contribution in [3.8, 4) is 0 Å².